The maximum absolute atomic E-state index is 5.98. The van der Waals surface area contributed by atoms with E-state index in [4.69, 9.17) is 4.74 Å². The summed E-state index contributed by atoms with van der Waals surface area (Å²) in [6, 6.07) is 18.4. The van der Waals surface area contributed by atoms with Gasteiger partial charge in [-0.05, 0) is 18.1 Å². The molecule has 0 aliphatic heterocycles. The third-order valence-corrected chi connectivity index (χ3v) is 4.29. The zero-order valence-corrected chi connectivity index (χ0v) is 12.8. The average molecular weight is 295 g/mol. The molecule has 0 saturated carbocycles. The van der Waals surface area contributed by atoms with E-state index in [1.807, 2.05) is 36.4 Å². The maximum Gasteiger partial charge on any atom is 0.131 e. The van der Waals surface area contributed by atoms with Gasteiger partial charge in [-0.3, -0.25) is 0 Å². The number of nitrogens with zero attached hydrogens (tertiary/aromatic N) is 1. The molecule has 1 aromatic heterocycles. The fourth-order valence-corrected chi connectivity index (χ4v) is 2.91. The second-order valence-corrected chi connectivity index (χ2v) is 5.68. The lowest BCUT2D eigenvalue weighted by Crippen LogP contribution is -1.97. The van der Waals surface area contributed by atoms with Crippen molar-refractivity contribution < 1.29 is 4.74 Å². The second-order valence-electron chi connectivity index (χ2n) is 4.74. The SMILES string of the molecule is CCc1nc(COc2ccccc2-c2ccccc2)cs1. The molecule has 0 unspecified atom stereocenters. The molecule has 1 heterocycles. The van der Waals surface area contributed by atoms with Crippen molar-refractivity contribution in [2.24, 2.45) is 0 Å². The van der Waals surface area contributed by atoms with Crippen molar-refractivity contribution in [3.63, 3.8) is 0 Å². The highest BCUT2D eigenvalue weighted by Crippen LogP contribution is 2.30. The van der Waals surface area contributed by atoms with Gasteiger partial charge >= 0.3 is 0 Å². The summed E-state index contributed by atoms with van der Waals surface area (Å²) in [5.41, 5.74) is 3.28. The Morgan fingerprint density at radius 3 is 2.52 bits per heavy atom. The van der Waals surface area contributed by atoms with Crippen molar-refractivity contribution in [1.82, 2.24) is 4.98 Å². The van der Waals surface area contributed by atoms with Gasteiger partial charge in [0, 0.05) is 10.9 Å². The average Bonchev–Trinajstić information content (AvgIpc) is 3.02. The van der Waals surface area contributed by atoms with E-state index in [9.17, 15) is 0 Å². The molecule has 0 aliphatic carbocycles. The number of benzene rings is 2. The van der Waals surface area contributed by atoms with E-state index in [2.05, 4.69) is 35.5 Å². The molecular weight excluding hydrogens is 278 g/mol. The fourth-order valence-electron chi connectivity index (χ4n) is 2.18. The van der Waals surface area contributed by atoms with Gasteiger partial charge in [-0.1, -0.05) is 55.5 Å². The van der Waals surface area contributed by atoms with Gasteiger partial charge in [0.1, 0.15) is 12.4 Å². The molecule has 2 nitrogen and oxygen atoms in total. The lowest BCUT2D eigenvalue weighted by molar-refractivity contribution is 0.303. The number of hydrogen-bond acceptors (Lipinski definition) is 3. The summed E-state index contributed by atoms with van der Waals surface area (Å²) in [4.78, 5) is 4.54. The number of aromatic nitrogens is 1. The molecule has 3 heteroatoms. The summed E-state index contributed by atoms with van der Waals surface area (Å²) in [7, 11) is 0. The van der Waals surface area contributed by atoms with E-state index >= 15 is 0 Å². The van der Waals surface area contributed by atoms with Crippen LogP contribution in [0.5, 0.6) is 5.75 Å². The highest BCUT2D eigenvalue weighted by atomic mass is 32.1. The van der Waals surface area contributed by atoms with Crippen molar-refractivity contribution in [3.8, 4) is 16.9 Å². The molecule has 21 heavy (non-hydrogen) atoms. The summed E-state index contributed by atoms with van der Waals surface area (Å²) < 4.78 is 5.98. The van der Waals surface area contributed by atoms with Gasteiger partial charge in [0.2, 0.25) is 0 Å². The smallest absolute Gasteiger partial charge is 0.131 e. The van der Waals surface area contributed by atoms with E-state index in [1.165, 1.54) is 5.56 Å². The van der Waals surface area contributed by atoms with Crippen molar-refractivity contribution >= 4 is 11.3 Å². The molecule has 0 amide bonds. The highest BCUT2D eigenvalue weighted by molar-refractivity contribution is 7.09. The van der Waals surface area contributed by atoms with Gasteiger partial charge < -0.3 is 4.74 Å². The first kappa shape index (κ1) is 13.8. The van der Waals surface area contributed by atoms with Crippen LogP contribution in [0.15, 0.2) is 60.0 Å². The van der Waals surface area contributed by atoms with Crippen LogP contribution >= 0.6 is 11.3 Å². The molecule has 0 spiro atoms. The lowest BCUT2D eigenvalue weighted by Gasteiger charge is -2.10. The number of rotatable bonds is 5. The predicted octanol–water partition coefficient (Wildman–Crippen LogP) is 4.95. The molecule has 0 fully saturated rings. The molecule has 0 saturated heterocycles. The van der Waals surface area contributed by atoms with Crippen LogP contribution in [-0.2, 0) is 13.0 Å². The standard InChI is InChI=1S/C18H17NOS/c1-2-18-19-15(13-21-18)12-20-17-11-7-6-10-16(17)14-8-4-3-5-9-14/h3-11,13H,2,12H2,1H3. The van der Waals surface area contributed by atoms with E-state index in [-0.39, 0.29) is 0 Å². The van der Waals surface area contributed by atoms with E-state index in [1.54, 1.807) is 11.3 Å². The molecule has 106 valence electrons. The quantitative estimate of drug-likeness (QED) is 0.664. The van der Waals surface area contributed by atoms with Crippen LogP contribution in [0.2, 0.25) is 0 Å². The zero-order chi connectivity index (χ0) is 14.5. The minimum absolute atomic E-state index is 0.514. The highest BCUT2D eigenvalue weighted by Gasteiger charge is 2.07. The van der Waals surface area contributed by atoms with Crippen LogP contribution in [0.1, 0.15) is 17.6 Å². The number of hydrogen-bond donors (Lipinski definition) is 0. The first-order valence-corrected chi connectivity index (χ1v) is 7.95. The number of para-hydroxylation sites is 1. The Hall–Kier alpha value is -2.13. The molecule has 0 aliphatic rings. The van der Waals surface area contributed by atoms with Gasteiger partial charge in [-0.25, -0.2) is 4.98 Å². The Labute approximate surface area is 129 Å². The summed E-state index contributed by atoms with van der Waals surface area (Å²) >= 11 is 1.69. The van der Waals surface area contributed by atoms with Gasteiger partial charge in [-0.15, -0.1) is 11.3 Å². The Morgan fingerprint density at radius 1 is 1.00 bits per heavy atom. The first-order chi connectivity index (χ1) is 10.4. The zero-order valence-electron chi connectivity index (χ0n) is 12.0. The van der Waals surface area contributed by atoms with Crippen LogP contribution in [0.25, 0.3) is 11.1 Å². The number of ether oxygens (including phenoxy) is 1. The van der Waals surface area contributed by atoms with Gasteiger partial charge in [0.05, 0.1) is 10.7 Å². The Bertz CT molecular complexity index is 706. The van der Waals surface area contributed by atoms with Crippen LogP contribution in [0, 0.1) is 0 Å². The first-order valence-electron chi connectivity index (χ1n) is 7.07. The number of thiazole rings is 1. The predicted molar refractivity (Wildman–Crippen MR) is 87.7 cm³/mol. The Morgan fingerprint density at radius 2 is 1.76 bits per heavy atom. The minimum Gasteiger partial charge on any atom is -0.487 e. The minimum atomic E-state index is 0.514. The molecule has 3 rings (SSSR count). The molecule has 3 aromatic rings. The fraction of sp³-hybridized carbons (Fsp3) is 0.167. The third kappa shape index (κ3) is 3.31. The van der Waals surface area contributed by atoms with E-state index in [0.29, 0.717) is 6.61 Å². The summed E-state index contributed by atoms with van der Waals surface area (Å²) in [5, 5.41) is 3.23. The molecule has 0 atom stereocenters. The van der Waals surface area contributed by atoms with Crippen LogP contribution in [0.4, 0.5) is 0 Å². The largest absolute Gasteiger partial charge is 0.487 e. The number of aryl methyl sites for hydroxylation is 1. The summed E-state index contributed by atoms with van der Waals surface area (Å²) in [5.74, 6) is 0.898. The van der Waals surface area contributed by atoms with Gasteiger partial charge in [0.15, 0.2) is 0 Å². The van der Waals surface area contributed by atoms with Crippen LogP contribution in [0.3, 0.4) is 0 Å². The van der Waals surface area contributed by atoms with Crippen molar-refractivity contribution in [1.29, 1.82) is 0 Å². The normalized spacial score (nSPS) is 10.5. The monoisotopic (exact) mass is 295 g/mol. The van der Waals surface area contributed by atoms with E-state index < -0.39 is 0 Å². The van der Waals surface area contributed by atoms with Gasteiger partial charge in [-0.2, -0.15) is 0 Å². The van der Waals surface area contributed by atoms with Gasteiger partial charge in [0.25, 0.3) is 0 Å². The Kier molecular flexibility index (Phi) is 4.31. The summed E-state index contributed by atoms with van der Waals surface area (Å²) in [6.45, 7) is 2.63. The van der Waals surface area contributed by atoms with Crippen molar-refractivity contribution in [2.45, 2.75) is 20.0 Å². The van der Waals surface area contributed by atoms with Crippen molar-refractivity contribution in [3.05, 3.63) is 70.7 Å². The molecule has 0 bridgehead atoms. The topological polar surface area (TPSA) is 22.1 Å². The molecular formula is C18H17NOS. The van der Waals surface area contributed by atoms with Crippen molar-refractivity contribution in [2.75, 3.05) is 0 Å². The van der Waals surface area contributed by atoms with E-state index in [0.717, 1.165) is 28.4 Å². The van der Waals surface area contributed by atoms with Crippen LogP contribution < -0.4 is 4.74 Å². The maximum atomic E-state index is 5.98. The van der Waals surface area contributed by atoms with Crippen LogP contribution in [-0.4, -0.2) is 4.98 Å². The molecule has 2 aromatic carbocycles. The Balaban J connectivity index is 1.79. The second kappa shape index (κ2) is 6.55. The molecule has 0 radical (unpaired) electrons. The summed E-state index contributed by atoms with van der Waals surface area (Å²) in [6.07, 6.45) is 0.977. The third-order valence-electron chi connectivity index (χ3n) is 3.25. The molecule has 0 N–H and O–H groups in total. The lowest BCUT2D eigenvalue weighted by atomic mass is 10.1.